The Hall–Kier alpha value is -4.14. The minimum Gasteiger partial charge on any atom is -0.352 e. The first-order chi connectivity index (χ1) is 15.6. The monoisotopic (exact) mass is 455 g/mol. The molecule has 0 heterocycles. The molecule has 0 saturated heterocycles. The lowest BCUT2D eigenvalue weighted by molar-refractivity contribution is -0.137. The number of benzene rings is 3. The molecule has 3 aromatic rings. The Kier molecular flexibility index (Phi) is 7.12. The third-order valence-electron chi connectivity index (χ3n) is 4.59. The van der Waals surface area contributed by atoms with E-state index in [-0.39, 0.29) is 17.2 Å². The zero-order valence-corrected chi connectivity index (χ0v) is 17.5. The summed E-state index contributed by atoms with van der Waals surface area (Å²) in [5, 5.41) is 7.77. The maximum Gasteiger partial charge on any atom is 0.416 e. The number of carbonyl (C=O) groups excluding carboxylic acids is 3. The Morgan fingerprint density at radius 2 is 1.33 bits per heavy atom. The van der Waals surface area contributed by atoms with Crippen LogP contribution in [0, 0.1) is 0 Å². The molecule has 0 aliphatic heterocycles. The second kappa shape index (κ2) is 9.99. The summed E-state index contributed by atoms with van der Waals surface area (Å²) in [6.45, 7) is 1.76. The van der Waals surface area contributed by atoms with Gasteiger partial charge in [0, 0.05) is 36.0 Å². The number of nitrogens with one attached hydrogen (secondary N) is 3. The second-order valence-corrected chi connectivity index (χ2v) is 7.17. The Bertz CT molecular complexity index is 1180. The van der Waals surface area contributed by atoms with Crippen LogP contribution in [-0.2, 0) is 17.5 Å². The van der Waals surface area contributed by atoms with E-state index in [1.807, 2.05) is 0 Å². The highest BCUT2D eigenvalue weighted by atomic mass is 19.4. The van der Waals surface area contributed by atoms with Gasteiger partial charge in [0.2, 0.25) is 5.91 Å². The number of hydrogen-bond donors (Lipinski definition) is 3. The van der Waals surface area contributed by atoms with E-state index in [1.54, 1.807) is 36.4 Å². The summed E-state index contributed by atoms with van der Waals surface area (Å²) in [6, 6.07) is 17.0. The molecule has 0 fully saturated rings. The topological polar surface area (TPSA) is 87.3 Å². The maximum absolute atomic E-state index is 12.9. The summed E-state index contributed by atoms with van der Waals surface area (Å²) in [4.78, 5) is 36.0. The lowest BCUT2D eigenvalue weighted by Gasteiger charge is -2.11. The van der Waals surface area contributed by atoms with Gasteiger partial charge in [-0.05, 0) is 54.1 Å². The molecule has 0 aromatic heterocycles. The van der Waals surface area contributed by atoms with E-state index < -0.39 is 23.6 Å². The zero-order valence-electron chi connectivity index (χ0n) is 17.5. The molecule has 9 heteroatoms. The molecule has 170 valence electrons. The molecule has 0 unspecified atom stereocenters. The second-order valence-electron chi connectivity index (χ2n) is 7.17. The molecule has 3 N–H and O–H groups in total. The molecular weight excluding hydrogens is 435 g/mol. The molecule has 3 amide bonds. The van der Waals surface area contributed by atoms with E-state index in [9.17, 15) is 27.6 Å². The fourth-order valence-corrected chi connectivity index (χ4v) is 2.92. The van der Waals surface area contributed by atoms with Crippen molar-refractivity contribution in [3.05, 3.63) is 95.1 Å². The van der Waals surface area contributed by atoms with Crippen LogP contribution >= 0.6 is 0 Å². The largest absolute Gasteiger partial charge is 0.416 e. The Labute approximate surface area is 187 Å². The van der Waals surface area contributed by atoms with E-state index in [0.29, 0.717) is 17.8 Å². The number of amides is 3. The van der Waals surface area contributed by atoms with Crippen molar-refractivity contribution in [1.29, 1.82) is 0 Å². The van der Waals surface area contributed by atoms with Gasteiger partial charge in [0.1, 0.15) is 0 Å². The highest BCUT2D eigenvalue weighted by Gasteiger charge is 2.30. The van der Waals surface area contributed by atoms with Crippen LogP contribution in [0.3, 0.4) is 0 Å². The number of carbonyl (C=O) groups is 3. The summed E-state index contributed by atoms with van der Waals surface area (Å²) in [5.41, 5.74) is 0.846. The lowest BCUT2D eigenvalue weighted by atomic mass is 10.1. The van der Waals surface area contributed by atoms with Crippen LogP contribution in [0.1, 0.15) is 38.8 Å². The molecule has 0 aliphatic rings. The smallest absolute Gasteiger partial charge is 0.352 e. The van der Waals surface area contributed by atoms with Gasteiger partial charge in [-0.2, -0.15) is 13.2 Å². The predicted molar refractivity (Wildman–Crippen MR) is 118 cm³/mol. The summed E-state index contributed by atoms with van der Waals surface area (Å²) in [7, 11) is 0. The predicted octanol–water partition coefficient (Wildman–Crippen LogP) is 4.85. The van der Waals surface area contributed by atoms with Crippen molar-refractivity contribution in [1.82, 2.24) is 5.32 Å². The first kappa shape index (κ1) is 23.5. The molecule has 0 saturated carbocycles. The van der Waals surface area contributed by atoms with E-state index in [1.165, 1.54) is 31.2 Å². The molecule has 3 rings (SSSR count). The van der Waals surface area contributed by atoms with Gasteiger partial charge in [0.25, 0.3) is 11.8 Å². The van der Waals surface area contributed by atoms with Crippen molar-refractivity contribution in [2.24, 2.45) is 0 Å². The molecule has 3 aromatic carbocycles. The van der Waals surface area contributed by atoms with Gasteiger partial charge < -0.3 is 16.0 Å². The number of alkyl halides is 3. The quantitative estimate of drug-likeness (QED) is 0.497. The minimum atomic E-state index is -4.52. The van der Waals surface area contributed by atoms with Crippen molar-refractivity contribution in [2.75, 3.05) is 10.6 Å². The normalized spacial score (nSPS) is 10.9. The Morgan fingerprint density at radius 3 is 1.94 bits per heavy atom. The molecule has 33 heavy (non-hydrogen) atoms. The first-order valence-electron chi connectivity index (χ1n) is 9.85. The highest BCUT2D eigenvalue weighted by molar-refractivity contribution is 6.07. The third-order valence-corrected chi connectivity index (χ3v) is 4.59. The fourth-order valence-electron chi connectivity index (χ4n) is 2.92. The highest BCUT2D eigenvalue weighted by Crippen LogP contribution is 2.30. The number of halogens is 3. The SMILES string of the molecule is CC(=O)NCc1ccc(C(=O)Nc2cccc(C(=O)Nc3cccc(C(F)(F)F)c3)c2)cc1. The van der Waals surface area contributed by atoms with Crippen molar-refractivity contribution >= 4 is 29.1 Å². The van der Waals surface area contributed by atoms with Gasteiger partial charge in [-0.3, -0.25) is 14.4 Å². The average molecular weight is 455 g/mol. The van der Waals surface area contributed by atoms with Crippen molar-refractivity contribution < 1.29 is 27.6 Å². The Morgan fingerprint density at radius 1 is 0.758 bits per heavy atom. The van der Waals surface area contributed by atoms with Gasteiger partial charge in [-0.25, -0.2) is 0 Å². The number of hydrogen-bond acceptors (Lipinski definition) is 3. The first-order valence-corrected chi connectivity index (χ1v) is 9.85. The van der Waals surface area contributed by atoms with Crippen molar-refractivity contribution in [2.45, 2.75) is 19.6 Å². The number of rotatable bonds is 6. The summed E-state index contributed by atoms with van der Waals surface area (Å²) in [5.74, 6) is -1.18. The molecule has 0 spiro atoms. The van der Waals surface area contributed by atoms with Crippen LogP contribution in [0.4, 0.5) is 24.5 Å². The molecule has 0 bridgehead atoms. The summed E-state index contributed by atoms with van der Waals surface area (Å²) in [6.07, 6.45) is -4.52. The van der Waals surface area contributed by atoms with E-state index in [0.717, 1.165) is 17.7 Å². The van der Waals surface area contributed by atoms with Crippen LogP contribution in [-0.4, -0.2) is 17.7 Å². The van der Waals surface area contributed by atoms with Gasteiger partial charge >= 0.3 is 6.18 Å². The van der Waals surface area contributed by atoms with Crippen LogP contribution in [0.15, 0.2) is 72.8 Å². The van der Waals surface area contributed by atoms with Crippen LogP contribution in [0.2, 0.25) is 0 Å². The average Bonchev–Trinajstić information content (AvgIpc) is 2.78. The standard InChI is InChI=1S/C24H20F3N3O3/c1-15(31)28-14-16-8-10-17(11-9-16)22(32)29-20-6-2-4-18(12-20)23(33)30-21-7-3-5-19(13-21)24(25,26)27/h2-13H,14H2,1H3,(H,28,31)(H,29,32)(H,30,33). The molecular formula is C24H20F3N3O3. The third kappa shape index (κ3) is 6.67. The summed E-state index contributed by atoms with van der Waals surface area (Å²) < 4.78 is 38.6. The maximum atomic E-state index is 12.9. The van der Waals surface area contributed by atoms with Gasteiger partial charge in [0.15, 0.2) is 0 Å². The van der Waals surface area contributed by atoms with Crippen LogP contribution in [0.25, 0.3) is 0 Å². The molecule has 6 nitrogen and oxygen atoms in total. The van der Waals surface area contributed by atoms with Crippen LogP contribution in [0.5, 0.6) is 0 Å². The molecule has 0 radical (unpaired) electrons. The minimum absolute atomic E-state index is 0.00335. The molecule has 0 atom stereocenters. The van der Waals surface area contributed by atoms with Crippen molar-refractivity contribution in [3.63, 3.8) is 0 Å². The van der Waals surface area contributed by atoms with E-state index >= 15 is 0 Å². The van der Waals surface area contributed by atoms with Gasteiger partial charge in [-0.1, -0.05) is 24.3 Å². The Balaban J connectivity index is 1.66. The van der Waals surface area contributed by atoms with Crippen molar-refractivity contribution in [3.8, 4) is 0 Å². The van der Waals surface area contributed by atoms with Gasteiger partial charge in [0.05, 0.1) is 5.56 Å². The fraction of sp³-hybridized carbons (Fsp3) is 0.125. The summed E-state index contributed by atoms with van der Waals surface area (Å²) >= 11 is 0. The zero-order chi connectivity index (χ0) is 24.0. The van der Waals surface area contributed by atoms with Crippen LogP contribution < -0.4 is 16.0 Å². The lowest BCUT2D eigenvalue weighted by Crippen LogP contribution is -2.19. The van der Waals surface area contributed by atoms with E-state index in [2.05, 4.69) is 16.0 Å². The van der Waals surface area contributed by atoms with Gasteiger partial charge in [-0.15, -0.1) is 0 Å². The number of anilines is 2. The van der Waals surface area contributed by atoms with E-state index in [4.69, 9.17) is 0 Å². The molecule has 0 aliphatic carbocycles.